The second-order valence-electron chi connectivity index (χ2n) is 5.46. The molecule has 1 amide bonds. The van der Waals surface area contributed by atoms with Crippen molar-refractivity contribution in [2.75, 3.05) is 11.4 Å². The molecule has 1 saturated carbocycles. The molecule has 0 unspecified atom stereocenters. The third-order valence-corrected chi connectivity index (χ3v) is 3.67. The molecule has 0 saturated heterocycles. The Morgan fingerprint density at radius 2 is 1.62 bits per heavy atom. The van der Waals surface area contributed by atoms with Gasteiger partial charge < -0.3 is 10.2 Å². The molecule has 0 spiro atoms. The van der Waals surface area contributed by atoms with Gasteiger partial charge in [0.15, 0.2) is 0 Å². The second-order valence-corrected chi connectivity index (χ2v) is 5.46. The zero-order valence-corrected chi connectivity index (χ0v) is 12.0. The first kappa shape index (κ1) is 13.8. The monoisotopic (exact) mass is 280 g/mol. The number of para-hydroxylation sites is 1. The van der Waals surface area contributed by atoms with Crippen LogP contribution in [0, 0.1) is 0 Å². The minimum atomic E-state index is 0.122. The molecule has 0 radical (unpaired) electrons. The Morgan fingerprint density at radius 1 is 1.00 bits per heavy atom. The van der Waals surface area contributed by atoms with Crippen molar-refractivity contribution in [1.29, 1.82) is 0 Å². The van der Waals surface area contributed by atoms with E-state index in [1.165, 1.54) is 12.8 Å². The molecule has 0 aliphatic heterocycles. The quantitative estimate of drug-likeness (QED) is 0.882. The Labute approximate surface area is 125 Å². The van der Waals surface area contributed by atoms with Crippen molar-refractivity contribution < 1.29 is 4.79 Å². The lowest BCUT2D eigenvalue weighted by Gasteiger charge is -2.23. The Bertz CT molecular complexity index is 579. The molecule has 108 valence electrons. The van der Waals surface area contributed by atoms with Gasteiger partial charge in [0.25, 0.3) is 0 Å². The van der Waals surface area contributed by atoms with Crippen LogP contribution < -0.4 is 10.2 Å². The first-order chi connectivity index (χ1) is 10.3. The van der Waals surface area contributed by atoms with Crippen molar-refractivity contribution in [2.45, 2.75) is 25.4 Å². The molecule has 1 aliphatic rings. The molecule has 21 heavy (non-hydrogen) atoms. The molecule has 0 atom stereocenters. The largest absolute Gasteiger partial charge is 0.307 e. The highest BCUT2D eigenvalue weighted by Crippen LogP contribution is 2.20. The van der Waals surface area contributed by atoms with Gasteiger partial charge >= 0.3 is 0 Å². The van der Waals surface area contributed by atoms with Crippen LogP contribution in [0.15, 0.2) is 60.7 Å². The summed E-state index contributed by atoms with van der Waals surface area (Å²) < 4.78 is 0. The molecule has 1 fully saturated rings. The summed E-state index contributed by atoms with van der Waals surface area (Å²) in [7, 11) is 0. The van der Waals surface area contributed by atoms with Gasteiger partial charge in [-0.15, -0.1) is 0 Å². The van der Waals surface area contributed by atoms with E-state index in [9.17, 15) is 4.79 Å². The summed E-state index contributed by atoms with van der Waals surface area (Å²) in [6.45, 7) is 1.02. The van der Waals surface area contributed by atoms with Crippen LogP contribution in [-0.2, 0) is 11.3 Å². The summed E-state index contributed by atoms with van der Waals surface area (Å²) in [6, 6.07) is 20.5. The number of hydrogen-bond donors (Lipinski definition) is 1. The average molecular weight is 280 g/mol. The van der Waals surface area contributed by atoms with Gasteiger partial charge in [0, 0.05) is 11.7 Å². The Hall–Kier alpha value is -2.13. The molecule has 1 N–H and O–H groups in total. The van der Waals surface area contributed by atoms with Gasteiger partial charge in [-0.05, 0) is 30.5 Å². The van der Waals surface area contributed by atoms with Gasteiger partial charge in [-0.25, -0.2) is 0 Å². The summed E-state index contributed by atoms with van der Waals surface area (Å²) in [4.78, 5) is 14.4. The first-order valence-corrected chi connectivity index (χ1v) is 7.45. The van der Waals surface area contributed by atoms with Crippen LogP contribution in [0.5, 0.6) is 0 Å². The Kier molecular flexibility index (Phi) is 4.31. The predicted molar refractivity (Wildman–Crippen MR) is 85.1 cm³/mol. The van der Waals surface area contributed by atoms with Crippen molar-refractivity contribution in [3.05, 3.63) is 66.2 Å². The lowest BCUT2D eigenvalue weighted by molar-refractivity contribution is -0.118. The average Bonchev–Trinajstić information content (AvgIpc) is 3.36. The second kappa shape index (κ2) is 6.55. The molecule has 2 aromatic rings. The van der Waals surface area contributed by atoms with Crippen molar-refractivity contribution in [2.24, 2.45) is 0 Å². The number of amides is 1. The van der Waals surface area contributed by atoms with E-state index in [0.29, 0.717) is 19.1 Å². The first-order valence-electron chi connectivity index (χ1n) is 7.45. The molecule has 3 nitrogen and oxygen atoms in total. The molecule has 0 aromatic heterocycles. The summed E-state index contributed by atoms with van der Waals surface area (Å²) in [6.07, 6.45) is 2.38. The number of rotatable bonds is 6. The Morgan fingerprint density at radius 3 is 2.24 bits per heavy atom. The van der Waals surface area contributed by atoms with Crippen LogP contribution >= 0.6 is 0 Å². The predicted octanol–water partition coefficient (Wildman–Crippen LogP) is 2.97. The summed E-state index contributed by atoms with van der Waals surface area (Å²) in [5.41, 5.74) is 2.09. The highest BCUT2D eigenvalue weighted by molar-refractivity contribution is 5.94. The van der Waals surface area contributed by atoms with E-state index in [0.717, 1.165) is 11.3 Å². The Balaban J connectivity index is 1.75. The van der Waals surface area contributed by atoms with Crippen molar-refractivity contribution >= 4 is 11.6 Å². The van der Waals surface area contributed by atoms with Gasteiger partial charge in [-0.3, -0.25) is 4.79 Å². The standard InChI is InChI=1S/C18H20N2O/c21-18(13-19-16-11-12-16)20(17-9-5-2-6-10-17)14-15-7-3-1-4-8-15/h1-10,16,19H,11-14H2. The van der Waals surface area contributed by atoms with E-state index in [-0.39, 0.29) is 5.91 Å². The number of hydrogen-bond acceptors (Lipinski definition) is 2. The maximum Gasteiger partial charge on any atom is 0.241 e. The number of carbonyl (C=O) groups excluding carboxylic acids is 1. The third-order valence-electron chi connectivity index (χ3n) is 3.67. The lowest BCUT2D eigenvalue weighted by atomic mass is 10.2. The SMILES string of the molecule is O=C(CNC1CC1)N(Cc1ccccc1)c1ccccc1. The third kappa shape index (κ3) is 3.92. The molecule has 0 bridgehead atoms. The van der Waals surface area contributed by atoms with Crippen molar-refractivity contribution in [3.8, 4) is 0 Å². The molecule has 0 heterocycles. The fourth-order valence-electron chi connectivity index (χ4n) is 2.31. The molecular weight excluding hydrogens is 260 g/mol. The van der Waals surface area contributed by atoms with Gasteiger partial charge in [-0.2, -0.15) is 0 Å². The lowest BCUT2D eigenvalue weighted by Crippen LogP contribution is -2.38. The summed E-state index contributed by atoms with van der Waals surface area (Å²) in [5.74, 6) is 0.122. The maximum absolute atomic E-state index is 12.5. The van der Waals surface area contributed by atoms with Crippen molar-refractivity contribution in [1.82, 2.24) is 5.32 Å². The highest BCUT2D eigenvalue weighted by Gasteiger charge is 2.23. The van der Waals surface area contributed by atoms with Crippen LogP contribution in [0.3, 0.4) is 0 Å². The number of nitrogens with zero attached hydrogens (tertiary/aromatic N) is 1. The number of anilines is 1. The van der Waals surface area contributed by atoms with Crippen LogP contribution in [0.4, 0.5) is 5.69 Å². The fraction of sp³-hybridized carbons (Fsp3) is 0.278. The van der Waals surface area contributed by atoms with E-state index < -0.39 is 0 Å². The molecule has 1 aliphatic carbocycles. The maximum atomic E-state index is 12.5. The van der Waals surface area contributed by atoms with E-state index in [1.807, 2.05) is 53.4 Å². The number of benzene rings is 2. The van der Waals surface area contributed by atoms with Crippen LogP contribution in [0.2, 0.25) is 0 Å². The number of carbonyl (C=O) groups is 1. The normalized spacial score (nSPS) is 13.9. The number of nitrogens with one attached hydrogen (secondary N) is 1. The molecular formula is C18H20N2O. The smallest absolute Gasteiger partial charge is 0.241 e. The summed E-state index contributed by atoms with van der Waals surface area (Å²) >= 11 is 0. The fourth-order valence-corrected chi connectivity index (χ4v) is 2.31. The van der Waals surface area contributed by atoms with Crippen molar-refractivity contribution in [3.63, 3.8) is 0 Å². The zero-order chi connectivity index (χ0) is 14.5. The van der Waals surface area contributed by atoms with Crippen LogP contribution in [0.25, 0.3) is 0 Å². The van der Waals surface area contributed by atoms with Gasteiger partial charge in [0.05, 0.1) is 13.1 Å². The summed E-state index contributed by atoms with van der Waals surface area (Å²) in [5, 5.41) is 3.30. The van der Waals surface area contributed by atoms with E-state index in [2.05, 4.69) is 17.4 Å². The topological polar surface area (TPSA) is 32.3 Å². The van der Waals surface area contributed by atoms with Gasteiger partial charge in [0.2, 0.25) is 5.91 Å². The minimum absolute atomic E-state index is 0.122. The van der Waals surface area contributed by atoms with E-state index in [4.69, 9.17) is 0 Å². The highest BCUT2D eigenvalue weighted by atomic mass is 16.2. The van der Waals surface area contributed by atoms with Crippen LogP contribution in [-0.4, -0.2) is 18.5 Å². The zero-order valence-electron chi connectivity index (χ0n) is 12.0. The molecule has 3 rings (SSSR count). The molecule has 3 heteroatoms. The minimum Gasteiger partial charge on any atom is -0.307 e. The molecule has 2 aromatic carbocycles. The van der Waals surface area contributed by atoms with Gasteiger partial charge in [0.1, 0.15) is 0 Å². The van der Waals surface area contributed by atoms with E-state index >= 15 is 0 Å². The van der Waals surface area contributed by atoms with E-state index in [1.54, 1.807) is 0 Å². The van der Waals surface area contributed by atoms with Gasteiger partial charge in [-0.1, -0.05) is 48.5 Å². The van der Waals surface area contributed by atoms with Crippen LogP contribution in [0.1, 0.15) is 18.4 Å².